The molecule has 5 N–H and O–H groups in total. The van der Waals surface area contributed by atoms with E-state index in [1.807, 2.05) is 0 Å². The van der Waals surface area contributed by atoms with Crippen LogP contribution in [0.2, 0.25) is 0 Å². The molecule has 6 nitrogen and oxygen atoms in total. The van der Waals surface area contributed by atoms with Crippen LogP contribution in [0.3, 0.4) is 0 Å². The minimum atomic E-state index is -0.772. The standard InChI is InChI=1S/C9H15N3O3/c10-4-2-1-3-6(11)7-5-8(13)15-9(14)12-7/h5-6H,1-4,10-11H2,(H,12,14). The Hall–Kier alpha value is -1.40. The maximum Gasteiger partial charge on any atom is 0.419 e. The molecule has 0 aromatic carbocycles. The van der Waals surface area contributed by atoms with Crippen molar-refractivity contribution in [3.8, 4) is 0 Å². The molecule has 0 fully saturated rings. The first-order valence-corrected chi connectivity index (χ1v) is 4.83. The van der Waals surface area contributed by atoms with Crippen LogP contribution in [-0.2, 0) is 0 Å². The topological polar surface area (TPSA) is 115 Å². The number of aromatic nitrogens is 1. The maximum atomic E-state index is 10.9. The van der Waals surface area contributed by atoms with Gasteiger partial charge in [0, 0.05) is 17.8 Å². The number of unbranched alkanes of at least 4 members (excludes halogenated alkanes) is 1. The van der Waals surface area contributed by atoms with E-state index in [1.165, 1.54) is 6.07 Å². The third-order valence-corrected chi connectivity index (χ3v) is 2.08. The Morgan fingerprint density at radius 3 is 2.73 bits per heavy atom. The van der Waals surface area contributed by atoms with Gasteiger partial charge in [-0.2, -0.15) is 0 Å². The second-order valence-electron chi connectivity index (χ2n) is 3.32. The highest BCUT2D eigenvalue weighted by Crippen LogP contribution is 2.11. The number of rotatable bonds is 5. The fourth-order valence-electron chi connectivity index (χ4n) is 1.29. The zero-order chi connectivity index (χ0) is 11.3. The van der Waals surface area contributed by atoms with Gasteiger partial charge >= 0.3 is 11.4 Å². The first-order valence-electron chi connectivity index (χ1n) is 4.83. The van der Waals surface area contributed by atoms with E-state index in [4.69, 9.17) is 11.5 Å². The molecule has 84 valence electrons. The van der Waals surface area contributed by atoms with Gasteiger partial charge in [0.15, 0.2) is 0 Å². The van der Waals surface area contributed by atoms with Crippen LogP contribution >= 0.6 is 0 Å². The van der Waals surface area contributed by atoms with Crippen LogP contribution in [0.4, 0.5) is 0 Å². The molecule has 0 amide bonds. The van der Waals surface area contributed by atoms with Gasteiger partial charge in [-0.15, -0.1) is 0 Å². The van der Waals surface area contributed by atoms with Crippen LogP contribution < -0.4 is 22.8 Å². The molecule has 0 saturated carbocycles. The predicted octanol–water partition coefficient (Wildman–Crippen LogP) is -0.543. The van der Waals surface area contributed by atoms with Crippen molar-refractivity contribution in [3.05, 3.63) is 32.7 Å². The molecular weight excluding hydrogens is 198 g/mol. The average molecular weight is 213 g/mol. The van der Waals surface area contributed by atoms with Crippen LogP contribution in [-0.4, -0.2) is 11.5 Å². The molecule has 1 rings (SSSR count). The monoisotopic (exact) mass is 213 g/mol. The lowest BCUT2D eigenvalue weighted by Crippen LogP contribution is -2.22. The van der Waals surface area contributed by atoms with E-state index in [9.17, 15) is 9.59 Å². The Kier molecular flexibility index (Phi) is 4.26. The molecule has 0 aliphatic heterocycles. The zero-order valence-electron chi connectivity index (χ0n) is 8.36. The number of nitrogens with two attached hydrogens (primary N) is 2. The van der Waals surface area contributed by atoms with E-state index >= 15 is 0 Å². The molecule has 6 heteroatoms. The summed E-state index contributed by atoms with van der Waals surface area (Å²) in [7, 11) is 0. The summed E-state index contributed by atoms with van der Waals surface area (Å²) in [4.78, 5) is 24.1. The summed E-state index contributed by atoms with van der Waals surface area (Å²) in [6.07, 6.45) is 2.41. The number of hydrogen-bond donors (Lipinski definition) is 3. The molecule has 0 aliphatic carbocycles. The Balaban J connectivity index is 2.69. The molecule has 0 radical (unpaired) electrons. The Morgan fingerprint density at radius 2 is 2.13 bits per heavy atom. The summed E-state index contributed by atoms with van der Waals surface area (Å²) in [6.45, 7) is 0.611. The quantitative estimate of drug-likeness (QED) is 0.568. The Bertz CT molecular complexity index is 381. The smallest absolute Gasteiger partial charge is 0.373 e. The van der Waals surface area contributed by atoms with Crippen LogP contribution in [0.25, 0.3) is 0 Å². The first-order chi connectivity index (χ1) is 7.13. The summed E-state index contributed by atoms with van der Waals surface area (Å²) in [6, 6.07) is 0.850. The normalized spacial score (nSPS) is 12.7. The maximum absolute atomic E-state index is 10.9. The molecule has 0 saturated heterocycles. The molecule has 1 heterocycles. The third kappa shape index (κ3) is 3.69. The molecule has 0 aliphatic rings. The van der Waals surface area contributed by atoms with Gasteiger partial charge in [-0.3, -0.25) is 4.98 Å². The summed E-state index contributed by atoms with van der Waals surface area (Å²) in [5.41, 5.74) is 10.9. The number of H-pyrrole nitrogens is 1. The Morgan fingerprint density at radius 1 is 1.40 bits per heavy atom. The van der Waals surface area contributed by atoms with Gasteiger partial charge in [0.1, 0.15) is 0 Å². The first kappa shape index (κ1) is 11.7. The van der Waals surface area contributed by atoms with Crippen molar-refractivity contribution in [1.82, 2.24) is 4.98 Å². The predicted molar refractivity (Wildman–Crippen MR) is 55.4 cm³/mol. The molecule has 0 spiro atoms. The SMILES string of the molecule is NCCCCC(N)c1cc(=O)oc(=O)[nH]1. The van der Waals surface area contributed by atoms with Crippen LogP contribution in [0.5, 0.6) is 0 Å². The molecule has 1 aromatic heterocycles. The van der Waals surface area contributed by atoms with Crippen LogP contribution in [0.15, 0.2) is 20.1 Å². The van der Waals surface area contributed by atoms with Crippen molar-refractivity contribution < 1.29 is 4.42 Å². The summed E-state index contributed by atoms with van der Waals surface area (Å²) in [5, 5.41) is 0. The van der Waals surface area contributed by atoms with Gasteiger partial charge in [0.25, 0.3) is 0 Å². The fourth-order valence-corrected chi connectivity index (χ4v) is 1.29. The summed E-state index contributed by atoms with van der Waals surface area (Å²) < 4.78 is 4.25. The highest BCUT2D eigenvalue weighted by molar-refractivity contribution is 5.02. The lowest BCUT2D eigenvalue weighted by Gasteiger charge is -2.09. The van der Waals surface area contributed by atoms with Crippen molar-refractivity contribution in [2.24, 2.45) is 11.5 Å². The number of hydrogen-bond acceptors (Lipinski definition) is 5. The lowest BCUT2D eigenvalue weighted by atomic mass is 10.1. The van der Waals surface area contributed by atoms with Gasteiger partial charge in [-0.25, -0.2) is 9.59 Å². The third-order valence-electron chi connectivity index (χ3n) is 2.08. The molecule has 0 bridgehead atoms. The van der Waals surface area contributed by atoms with Gasteiger partial charge in [0.2, 0.25) is 0 Å². The van der Waals surface area contributed by atoms with Gasteiger partial charge in [-0.05, 0) is 19.4 Å². The van der Waals surface area contributed by atoms with E-state index in [2.05, 4.69) is 9.40 Å². The van der Waals surface area contributed by atoms with Gasteiger partial charge < -0.3 is 15.9 Å². The summed E-state index contributed by atoms with van der Waals surface area (Å²) in [5.74, 6) is -0.772. The largest absolute Gasteiger partial charge is 0.419 e. The minimum absolute atomic E-state index is 0.353. The Labute approximate surface area is 86.3 Å². The van der Waals surface area contributed by atoms with Gasteiger partial charge in [0.05, 0.1) is 0 Å². The van der Waals surface area contributed by atoms with E-state index in [0.29, 0.717) is 18.7 Å². The minimum Gasteiger partial charge on any atom is -0.373 e. The van der Waals surface area contributed by atoms with Gasteiger partial charge in [-0.1, -0.05) is 6.42 Å². The number of nitrogens with one attached hydrogen (secondary N) is 1. The molecular formula is C9H15N3O3. The van der Waals surface area contributed by atoms with Crippen LogP contribution in [0.1, 0.15) is 31.0 Å². The van der Waals surface area contributed by atoms with Crippen molar-refractivity contribution in [2.45, 2.75) is 25.3 Å². The summed E-state index contributed by atoms with van der Waals surface area (Å²) >= 11 is 0. The molecule has 1 atom stereocenters. The van der Waals surface area contributed by atoms with Crippen molar-refractivity contribution in [1.29, 1.82) is 0 Å². The lowest BCUT2D eigenvalue weighted by molar-refractivity contribution is 0.436. The molecule has 1 unspecified atom stereocenters. The second kappa shape index (κ2) is 5.47. The highest BCUT2D eigenvalue weighted by atomic mass is 16.4. The van der Waals surface area contributed by atoms with Crippen molar-refractivity contribution in [3.63, 3.8) is 0 Å². The zero-order valence-corrected chi connectivity index (χ0v) is 8.36. The molecule has 1 aromatic rings. The van der Waals surface area contributed by atoms with Crippen molar-refractivity contribution in [2.75, 3.05) is 6.54 Å². The number of aromatic amines is 1. The second-order valence-corrected chi connectivity index (χ2v) is 3.32. The van der Waals surface area contributed by atoms with E-state index in [-0.39, 0.29) is 6.04 Å². The van der Waals surface area contributed by atoms with E-state index in [0.717, 1.165) is 12.8 Å². The van der Waals surface area contributed by atoms with E-state index < -0.39 is 11.4 Å². The highest BCUT2D eigenvalue weighted by Gasteiger charge is 2.08. The fraction of sp³-hybridized carbons (Fsp3) is 0.556. The van der Waals surface area contributed by atoms with Crippen LogP contribution in [0, 0.1) is 0 Å². The average Bonchev–Trinajstić information content (AvgIpc) is 2.16. The van der Waals surface area contributed by atoms with E-state index in [1.54, 1.807) is 0 Å². The molecule has 15 heavy (non-hydrogen) atoms. The van der Waals surface area contributed by atoms with Crippen molar-refractivity contribution >= 4 is 0 Å².